The summed E-state index contributed by atoms with van der Waals surface area (Å²) in [5.74, 6) is 0.174. The first-order chi connectivity index (χ1) is 7.84. The molecule has 0 aliphatic rings. The van der Waals surface area contributed by atoms with E-state index >= 15 is 0 Å². The van der Waals surface area contributed by atoms with Crippen molar-refractivity contribution in [3.05, 3.63) is 42.2 Å². The van der Waals surface area contributed by atoms with Crippen molar-refractivity contribution >= 4 is 5.78 Å². The second-order valence-corrected chi connectivity index (χ2v) is 3.82. The summed E-state index contributed by atoms with van der Waals surface area (Å²) in [5, 5.41) is 0. The number of hydrogen-bond donors (Lipinski definition) is 0. The number of aromatic nitrogens is 1. The molecule has 0 saturated carbocycles. The van der Waals surface area contributed by atoms with Crippen LogP contribution in [-0.4, -0.2) is 10.8 Å². The lowest BCUT2D eigenvalue weighted by Gasteiger charge is -1.97. The number of pyridine rings is 1. The van der Waals surface area contributed by atoms with Gasteiger partial charge in [0.25, 0.3) is 0 Å². The smallest absolute Gasteiger partial charge is 0.164 e. The van der Waals surface area contributed by atoms with Crippen LogP contribution in [0.2, 0.25) is 0 Å². The fourth-order valence-corrected chi connectivity index (χ4v) is 1.44. The zero-order valence-corrected chi connectivity index (χ0v) is 9.86. The first kappa shape index (κ1) is 12.6. The average molecular weight is 217 g/mol. The van der Waals surface area contributed by atoms with Gasteiger partial charge < -0.3 is 0 Å². The molecule has 0 fully saturated rings. The SMILES string of the molecule is CCCC/C=C/CCC(=O)c1cccnc1. The maximum Gasteiger partial charge on any atom is 0.164 e. The summed E-state index contributed by atoms with van der Waals surface area (Å²) in [7, 11) is 0. The summed E-state index contributed by atoms with van der Waals surface area (Å²) in [6.07, 6.45) is 12.6. The van der Waals surface area contributed by atoms with E-state index in [9.17, 15) is 4.79 Å². The monoisotopic (exact) mass is 217 g/mol. The molecular formula is C14H19NO. The van der Waals surface area contributed by atoms with Crippen LogP contribution in [0.5, 0.6) is 0 Å². The van der Waals surface area contributed by atoms with Gasteiger partial charge in [-0.1, -0.05) is 31.9 Å². The molecule has 0 N–H and O–H groups in total. The number of carbonyl (C=O) groups is 1. The third kappa shape index (κ3) is 4.87. The van der Waals surface area contributed by atoms with E-state index in [0.29, 0.717) is 12.0 Å². The predicted molar refractivity (Wildman–Crippen MR) is 66.5 cm³/mol. The van der Waals surface area contributed by atoms with Gasteiger partial charge >= 0.3 is 0 Å². The highest BCUT2D eigenvalue weighted by Crippen LogP contribution is 2.04. The number of unbranched alkanes of at least 4 members (excludes halogenated alkanes) is 2. The molecule has 1 aromatic rings. The minimum atomic E-state index is 0.174. The van der Waals surface area contributed by atoms with Gasteiger partial charge in [-0.25, -0.2) is 0 Å². The molecule has 0 atom stereocenters. The molecule has 1 aromatic heterocycles. The van der Waals surface area contributed by atoms with Gasteiger partial charge in [0.2, 0.25) is 0 Å². The van der Waals surface area contributed by atoms with Crippen LogP contribution in [0, 0.1) is 0 Å². The van der Waals surface area contributed by atoms with Crippen LogP contribution in [0.4, 0.5) is 0 Å². The van der Waals surface area contributed by atoms with Gasteiger partial charge in [0, 0.05) is 24.4 Å². The average Bonchev–Trinajstić information content (AvgIpc) is 2.34. The Balaban J connectivity index is 2.23. The maximum atomic E-state index is 11.7. The van der Waals surface area contributed by atoms with Gasteiger partial charge in [0.05, 0.1) is 0 Å². The molecule has 1 heterocycles. The molecule has 2 heteroatoms. The normalized spacial score (nSPS) is 10.8. The minimum absolute atomic E-state index is 0.174. The van der Waals surface area contributed by atoms with E-state index in [2.05, 4.69) is 24.1 Å². The molecular weight excluding hydrogens is 198 g/mol. The summed E-state index contributed by atoms with van der Waals surface area (Å²) in [6, 6.07) is 3.61. The first-order valence-electron chi connectivity index (χ1n) is 5.93. The first-order valence-corrected chi connectivity index (χ1v) is 5.93. The van der Waals surface area contributed by atoms with Crippen LogP contribution >= 0.6 is 0 Å². The standard InChI is InChI=1S/C14H19NO/c1-2-3-4-5-6-7-10-14(16)13-9-8-11-15-12-13/h5-6,8-9,11-12H,2-4,7,10H2,1H3/b6-5+. The maximum absolute atomic E-state index is 11.7. The van der Waals surface area contributed by atoms with Crippen LogP contribution in [0.25, 0.3) is 0 Å². The molecule has 0 spiro atoms. The van der Waals surface area contributed by atoms with Crippen molar-refractivity contribution in [3.8, 4) is 0 Å². The predicted octanol–water partition coefficient (Wildman–Crippen LogP) is 3.79. The molecule has 0 bridgehead atoms. The Hall–Kier alpha value is -1.44. The summed E-state index contributed by atoms with van der Waals surface area (Å²) < 4.78 is 0. The van der Waals surface area contributed by atoms with Crippen molar-refractivity contribution in [1.29, 1.82) is 0 Å². The summed E-state index contributed by atoms with van der Waals surface area (Å²) in [6.45, 7) is 2.18. The molecule has 0 amide bonds. The van der Waals surface area contributed by atoms with Gasteiger partial charge in [-0.2, -0.15) is 0 Å². The number of hydrogen-bond acceptors (Lipinski definition) is 2. The number of ketones is 1. The Bertz CT molecular complexity index is 330. The molecule has 0 unspecified atom stereocenters. The minimum Gasteiger partial charge on any atom is -0.294 e. The fourth-order valence-electron chi connectivity index (χ4n) is 1.44. The number of allylic oxidation sites excluding steroid dienone is 2. The van der Waals surface area contributed by atoms with Gasteiger partial charge in [0.15, 0.2) is 5.78 Å². The second kappa shape index (κ2) is 7.80. The second-order valence-electron chi connectivity index (χ2n) is 3.82. The zero-order chi connectivity index (χ0) is 11.6. The Morgan fingerprint density at radius 1 is 1.38 bits per heavy atom. The molecule has 0 radical (unpaired) electrons. The Morgan fingerprint density at radius 3 is 2.88 bits per heavy atom. The van der Waals surface area contributed by atoms with E-state index < -0.39 is 0 Å². The van der Waals surface area contributed by atoms with E-state index in [1.165, 1.54) is 12.8 Å². The third-order valence-electron chi connectivity index (χ3n) is 2.41. The van der Waals surface area contributed by atoms with Gasteiger partial charge in [-0.15, -0.1) is 0 Å². The Kier molecular flexibility index (Phi) is 6.16. The molecule has 2 nitrogen and oxygen atoms in total. The van der Waals surface area contributed by atoms with E-state index in [1.54, 1.807) is 18.5 Å². The molecule has 0 aliphatic carbocycles. The molecule has 1 rings (SSSR count). The van der Waals surface area contributed by atoms with E-state index in [1.807, 2.05) is 6.07 Å². The van der Waals surface area contributed by atoms with Crippen LogP contribution in [-0.2, 0) is 0 Å². The van der Waals surface area contributed by atoms with Gasteiger partial charge in [0.1, 0.15) is 0 Å². The topological polar surface area (TPSA) is 30.0 Å². The van der Waals surface area contributed by atoms with Gasteiger partial charge in [-0.05, 0) is 25.0 Å². The Labute approximate surface area is 97.4 Å². The number of rotatable bonds is 7. The third-order valence-corrected chi connectivity index (χ3v) is 2.41. The largest absolute Gasteiger partial charge is 0.294 e. The highest BCUT2D eigenvalue weighted by molar-refractivity contribution is 5.95. The van der Waals surface area contributed by atoms with Crippen molar-refractivity contribution in [3.63, 3.8) is 0 Å². The van der Waals surface area contributed by atoms with Crippen molar-refractivity contribution in [2.75, 3.05) is 0 Å². The lowest BCUT2D eigenvalue weighted by atomic mass is 10.1. The molecule has 86 valence electrons. The lowest BCUT2D eigenvalue weighted by Crippen LogP contribution is -1.98. The quantitative estimate of drug-likeness (QED) is 0.395. The Morgan fingerprint density at radius 2 is 2.19 bits per heavy atom. The molecule has 0 saturated heterocycles. The zero-order valence-electron chi connectivity index (χ0n) is 9.86. The molecule has 0 aliphatic heterocycles. The highest BCUT2D eigenvalue weighted by atomic mass is 16.1. The van der Waals surface area contributed by atoms with E-state index in [-0.39, 0.29) is 5.78 Å². The number of Topliss-reactive ketones (excluding diaryl/α,β-unsaturated/α-hetero) is 1. The fraction of sp³-hybridized carbons (Fsp3) is 0.429. The van der Waals surface area contributed by atoms with Crippen LogP contribution < -0.4 is 0 Å². The molecule has 0 aromatic carbocycles. The summed E-state index contributed by atoms with van der Waals surface area (Å²) in [4.78, 5) is 15.6. The summed E-state index contributed by atoms with van der Waals surface area (Å²) in [5.41, 5.74) is 0.712. The van der Waals surface area contributed by atoms with Gasteiger partial charge in [-0.3, -0.25) is 9.78 Å². The van der Waals surface area contributed by atoms with Crippen molar-refractivity contribution in [1.82, 2.24) is 4.98 Å². The van der Waals surface area contributed by atoms with Crippen molar-refractivity contribution in [2.24, 2.45) is 0 Å². The highest BCUT2D eigenvalue weighted by Gasteiger charge is 2.02. The van der Waals surface area contributed by atoms with E-state index in [4.69, 9.17) is 0 Å². The lowest BCUT2D eigenvalue weighted by molar-refractivity contribution is 0.0983. The van der Waals surface area contributed by atoms with Crippen molar-refractivity contribution in [2.45, 2.75) is 39.0 Å². The summed E-state index contributed by atoms with van der Waals surface area (Å²) >= 11 is 0. The van der Waals surface area contributed by atoms with Crippen LogP contribution in [0.15, 0.2) is 36.7 Å². The van der Waals surface area contributed by atoms with E-state index in [0.717, 1.165) is 12.8 Å². The van der Waals surface area contributed by atoms with Crippen LogP contribution in [0.1, 0.15) is 49.4 Å². The van der Waals surface area contributed by atoms with Crippen molar-refractivity contribution < 1.29 is 4.79 Å². The molecule has 16 heavy (non-hydrogen) atoms. The van der Waals surface area contributed by atoms with Crippen LogP contribution in [0.3, 0.4) is 0 Å². The number of carbonyl (C=O) groups excluding carboxylic acids is 1. The number of nitrogens with zero attached hydrogens (tertiary/aromatic N) is 1.